The molecule has 4 fully saturated rings. The number of carbonyl (C=O) groups excluding carboxylic acids is 11. The third kappa shape index (κ3) is 19.3. The monoisotopic (exact) mass is 1590 g/mol. The number of amides is 7. The highest BCUT2D eigenvalue weighted by molar-refractivity contribution is 6.01. The molecule has 620 valence electrons. The molecule has 4 saturated heterocycles. The van der Waals surface area contributed by atoms with Gasteiger partial charge in [-0.3, -0.25) is 33.6 Å². The second-order valence-corrected chi connectivity index (χ2v) is 32.1. The number of methoxy groups -OCH3 is 4. The fourth-order valence-electron chi connectivity index (χ4n) is 17.1. The number of Topliss-reactive ketones (excluding diaryl/α,β-unsaturated/α-hetero) is 2. The van der Waals surface area contributed by atoms with Crippen molar-refractivity contribution in [2.24, 2.45) is 29.6 Å². The molecule has 8 atom stereocenters. The number of aromatic amines is 2. The first-order valence-electron chi connectivity index (χ1n) is 40.6. The van der Waals surface area contributed by atoms with Crippen LogP contribution in [0.4, 0.5) is 14.4 Å². The summed E-state index contributed by atoms with van der Waals surface area (Å²) in [6.07, 6.45) is 12.8. The average molecular weight is 1590 g/mol. The number of nitrogens with zero attached hydrogens (tertiary/aromatic N) is 6. The second-order valence-electron chi connectivity index (χ2n) is 32.1. The Labute approximate surface area is 677 Å². The molecule has 6 aliphatic rings. The largest absolute Gasteiger partial charge is 0.488 e. The lowest BCUT2D eigenvalue weighted by Gasteiger charge is -2.31. The zero-order chi connectivity index (χ0) is 83.3. The van der Waals surface area contributed by atoms with Gasteiger partial charge in [-0.25, -0.2) is 29.1 Å². The van der Waals surface area contributed by atoms with E-state index in [9.17, 15) is 52.7 Å². The maximum atomic E-state index is 13.7. The van der Waals surface area contributed by atoms with Gasteiger partial charge in [-0.15, -0.1) is 0 Å². The summed E-state index contributed by atoms with van der Waals surface area (Å²) < 4.78 is 30.4. The molecule has 12 rings (SSSR count). The predicted molar refractivity (Wildman–Crippen MR) is 432 cm³/mol. The van der Waals surface area contributed by atoms with Crippen molar-refractivity contribution in [2.75, 3.05) is 67.8 Å². The number of hydrogen-bond acceptors (Lipinski definition) is 19. The molecule has 0 saturated carbocycles. The van der Waals surface area contributed by atoms with Crippen molar-refractivity contribution in [3.8, 4) is 44.8 Å². The summed E-state index contributed by atoms with van der Waals surface area (Å²) in [4.78, 5) is 165. The number of rotatable bonds is 28. The molecule has 28 nitrogen and oxygen atoms in total. The van der Waals surface area contributed by atoms with Crippen molar-refractivity contribution in [3.63, 3.8) is 0 Å². The minimum Gasteiger partial charge on any atom is -0.488 e. The Hall–Kier alpha value is -11.2. The molecular formula is C88H111N11O17. The molecule has 0 spiro atoms. The summed E-state index contributed by atoms with van der Waals surface area (Å²) in [5.41, 5.74) is 13.8. The van der Waals surface area contributed by atoms with Crippen molar-refractivity contribution < 1.29 is 81.2 Å². The number of carbonyl (C=O) groups is 11. The van der Waals surface area contributed by atoms with Crippen molar-refractivity contribution >= 4 is 65.4 Å². The van der Waals surface area contributed by atoms with Crippen LogP contribution in [0.5, 0.6) is 0 Å². The van der Waals surface area contributed by atoms with Crippen LogP contribution >= 0.6 is 0 Å². The molecule has 0 radical (unpaired) electrons. The van der Waals surface area contributed by atoms with E-state index >= 15 is 0 Å². The van der Waals surface area contributed by atoms with Crippen LogP contribution in [0.15, 0.2) is 97.5 Å². The van der Waals surface area contributed by atoms with Crippen molar-refractivity contribution in [3.05, 3.63) is 143 Å². The van der Waals surface area contributed by atoms with E-state index in [-0.39, 0.29) is 72.3 Å². The maximum Gasteiger partial charge on any atom is 0.407 e. The van der Waals surface area contributed by atoms with Gasteiger partial charge in [-0.1, -0.05) is 135 Å². The van der Waals surface area contributed by atoms with Crippen LogP contribution in [0.25, 0.3) is 44.8 Å². The van der Waals surface area contributed by atoms with Gasteiger partial charge in [-0.05, 0) is 164 Å². The van der Waals surface area contributed by atoms with Gasteiger partial charge in [-0.2, -0.15) is 0 Å². The van der Waals surface area contributed by atoms with E-state index < -0.39 is 84.6 Å². The Bertz CT molecular complexity index is 4620. The average Bonchev–Trinajstić information content (AvgIpc) is 1.61. The third-order valence-electron chi connectivity index (χ3n) is 23.4. The van der Waals surface area contributed by atoms with Crippen LogP contribution in [-0.4, -0.2) is 203 Å². The normalized spacial score (nSPS) is 18.5. The number of aromatic nitrogens is 4. The number of ketones is 2. The SMILES string of the molecule is C=C(OCC(=O)c1ccc(-c2ccc(C(=O)COC(=O)[C@@H]3CCCN3C(=O)[C@@H](NC(=O)OC)C(C)C)cc2)c2c1CCC2)[C@@H]1CCCN1C(=O)[C@@H](CC(=O)OC)C(C)C.COC(=O)N[C@H](C(=O)N1CCC[C@H]1c1ncc(-c2ccc(-c3ccc(-c4cnc([C@@H]5CCCN5C(=O)[C@@H](NC(=O)OC)C(C)C)[nH]4)c4c3CCC4)cc2)[nH]1)C(C)C. The summed E-state index contributed by atoms with van der Waals surface area (Å²) in [5, 5.41) is 7.97. The maximum absolute atomic E-state index is 13.7. The highest BCUT2D eigenvalue weighted by Crippen LogP contribution is 2.42. The Balaban J connectivity index is 0.000000228. The predicted octanol–water partition coefficient (Wildman–Crippen LogP) is 12.2. The Morgan fingerprint density at radius 3 is 1.36 bits per heavy atom. The summed E-state index contributed by atoms with van der Waals surface area (Å²) in [7, 11) is 5.11. The van der Waals surface area contributed by atoms with Gasteiger partial charge < -0.3 is 73.9 Å². The molecular weight excluding hydrogens is 1480 g/mol. The van der Waals surface area contributed by atoms with Gasteiger partial charge in [0.15, 0.2) is 24.8 Å². The molecule has 6 aromatic rings. The lowest BCUT2D eigenvalue weighted by Crippen LogP contribution is -2.54. The van der Waals surface area contributed by atoms with Crippen LogP contribution in [0.1, 0.15) is 193 Å². The third-order valence-corrected chi connectivity index (χ3v) is 23.4. The fourth-order valence-corrected chi connectivity index (χ4v) is 17.1. The Morgan fingerprint density at radius 1 is 0.440 bits per heavy atom. The Morgan fingerprint density at radius 2 is 0.853 bits per heavy atom. The second kappa shape index (κ2) is 38.5. The summed E-state index contributed by atoms with van der Waals surface area (Å²) >= 11 is 0. The van der Waals surface area contributed by atoms with Crippen molar-refractivity contribution in [2.45, 2.75) is 194 Å². The van der Waals surface area contributed by atoms with Crippen LogP contribution < -0.4 is 16.0 Å². The van der Waals surface area contributed by atoms with E-state index in [0.717, 1.165) is 133 Å². The van der Waals surface area contributed by atoms with E-state index in [1.807, 2.05) is 88.0 Å². The van der Waals surface area contributed by atoms with Crippen molar-refractivity contribution in [1.82, 2.24) is 55.5 Å². The van der Waals surface area contributed by atoms with E-state index in [1.54, 1.807) is 30.9 Å². The molecule has 4 aromatic carbocycles. The van der Waals surface area contributed by atoms with Crippen LogP contribution in [0, 0.1) is 29.6 Å². The molecule has 6 heterocycles. The van der Waals surface area contributed by atoms with Crippen molar-refractivity contribution in [1.29, 1.82) is 0 Å². The van der Waals surface area contributed by atoms with Gasteiger partial charge in [0.25, 0.3) is 0 Å². The fraction of sp³-hybridized carbons (Fsp3) is 0.511. The number of ether oxygens (including phenoxy) is 6. The zero-order valence-electron chi connectivity index (χ0n) is 68.7. The standard InChI is InChI=1S/C45H57N3O11.C43H54N8O6/c1-26(2)35(23-40(51)56-6)42(52)47-21-9-13-36(47)28(5)58-25-39(50)34-20-19-31(32-11-8-12-33(32)34)29-15-17-30(18-16-29)38(49)24-59-44(54)37-14-10-22-48(37)43(53)41(27(3)4)46-45(55)57-7;1-24(2)36(48-42(54)56-5)40(52)50-20-8-12-34(50)38-44-22-32(46-38)27-16-14-26(15-17-27)28-18-19-31(30-11-7-10-29(28)30)33-23-45-39(47-33)35-13-9-21-51(35)41(53)37(25(3)4)49-43(55)57-6/h15-20,26-27,35-37,41H,5,8-14,21-25H2,1-4,6-7H3,(H,46,55);14-19,22-25,34-37H,7-13,20-21H2,1-6H3,(H,44,46)(H,45,47)(H,48,54)(H,49,55)/t35-,36-,37-,41-;34-,35-,36-,37-/m00/s1. The van der Waals surface area contributed by atoms with Crippen LogP contribution in [0.2, 0.25) is 0 Å². The smallest absolute Gasteiger partial charge is 0.407 e. The van der Waals surface area contributed by atoms with E-state index in [4.69, 9.17) is 33.7 Å². The highest BCUT2D eigenvalue weighted by atomic mass is 16.6. The van der Waals surface area contributed by atoms with E-state index in [2.05, 4.69) is 73.6 Å². The number of likely N-dealkylation sites (tertiary alicyclic amines) is 4. The van der Waals surface area contributed by atoms with E-state index in [1.165, 1.54) is 50.0 Å². The van der Waals surface area contributed by atoms with Gasteiger partial charge in [0.1, 0.15) is 41.6 Å². The van der Waals surface area contributed by atoms with Gasteiger partial charge in [0, 0.05) is 42.9 Å². The molecule has 0 bridgehead atoms. The van der Waals surface area contributed by atoms with Gasteiger partial charge >= 0.3 is 30.2 Å². The topological polar surface area (TPSA) is 350 Å². The molecule has 0 unspecified atom stereocenters. The number of alkyl carbamates (subject to hydrolysis) is 3. The molecule has 5 N–H and O–H groups in total. The summed E-state index contributed by atoms with van der Waals surface area (Å²) in [5.74, 6) is -1.73. The Kier molecular flexibility index (Phi) is 28.4. The molecule has 116 heavy (non-hydrogen) atoms. The number of hydrogen-bond donors (Lipinski definition) is 5. The number of nitrogens with one attached hydrogen (secondary N) is 5. The summed E-state index contributed by atoms with van der Waals surface area (Å²) in [6.45, 7) is 20.4. The highest BCUT2D eigenvalue weighted by Gasteiger charge is 2.44. The van der Waals surface area contributed by atoms with E-state index in [0.29, 0.717) is 62.3 Å². The number of benzene rings is 4. The van der Waals surface area contributed by atoms with Gasteiger partial charge in [0.05, 0.1) is 82.7 Å². The number of esters is 2. The molecule has 2 aliphatic carbocycles. The number of imidazole rings is 2. The minimum absolute atomic E-state index is 0.00601. The lowest BCUT2D eigenvalue weighted by atomic mass is 9.90. The van der Waals surface area contributed by atoms with Crippen LogP contribution in [-0.2, 0) is 82.9 Å². The molecule has 28 heteroatoms. The van der Waals surface area contributed by atoms with Gasteiger partial charge in [0.2, 0.25) is 23.6 Å². The minimum atomic E-state index is -0.883. The zero-order valence-corrected chi connectivity index (χ0v) is 68.7. The number of fused-ring (bicyclic) bond motifs is 2. The quantitative estimate of drug-likeness (QED) is 0.0132. The lowest BCUT2D eigenvalue weighted by molar-refractivity contribution is -0.153. The van der Waals surface area contributed by atoms with Crippen LogP contribution in [0.3, 0.4) is 0 Å². The molecule has 2 aromatic heterocycles. The first-order valence-corrected chi connectivity index (χ1v) is 40.6. The first-order chi connectivity index (χ1) is 55.6. The number of H-pyrrole nitrogens is 2. The molecule has 7 amide bonds. The molecule has 4 aliphatic heterocycles. The summed E-state index contributed by atoms with van der Waals surface area (Å²) in [6, 6.07) is 19.7. The first kappa shape index (κ1) is 85.7.